The van der Waals surface area contributed by atoms with Gasteiger partial charge in [0.15, 0.2) is 0 Å². The van der Waals surface area contributed by atoms with Crippen molar-refractivity contribution in [3.05, 3.63) is 84.1 Å². The highest BCUT2D eigenvalue weighted by atomic mass is 16.2. The SMILES string of the molecule is CC(C)(C)c1cc(NC(=O)CN2CCN(C/C=C/c3ccccc3)CC2)n(-c2ccccc2)n1. The summed E-state index contributed by atoms with van der Waals surface area (Å²) in [5.74, 6) is 0.709. The Kier molecular flexibility index (Phi) is 7.60. The molecule has 6 heteroatoms. The maximum atomic E-state index is 12.9. The Bertz CT molecular complexity index is 1090. The minimum absolute atomic E-state index is 0.00466. The Balaban J connectivity index is 1.31. The molecule has 1 saturated heterocycles. The second-order valence-corrected chi connectivity index (χ2v) is 9.85. The molecule has 0 spiro atoms. The fraction of sp³-hybridized carbons (Fsp3) is 0.357. The molecular formula is C28H35N5O. The van der Waals surface area contributed by atoms with E-state index in [0.717, 1.165) is 44.1 Å². The first-order valence-corrected chi connectivity index (χ1v) is 12.0. The summed E-state index contributed by atoms with van der Waals surface area (Å²) in [5.41, 5.74) is 3.00. The molecule has 0 saturated carbocycles. The number of nitrogens with one attached hydrogen (secondary N) is 1. The number of aromatic nitrogens is 2. The topological polar surface area (TPSA) is 53.4 Å². The first-order chi connectivity index (χ1) is 16.4. The van der Waals surface area contributed by atoms with Gasteiger partial charge in [0.25, 0.3) is 0 Å². The Labute approximate surface area is 202 Å². The van der Waals surface area contributed by atoms with E-state index in [-0.39, 0.29) is 11.3 Å². The molecule has 1 aliphatic heterocycles. The van der Waals surface area contributed by atoms with Crippen LogP contribution in [-0.2, 0) is 10.2 Å². The van der Waals surface area contributed by atoms with Gasteiger partial charge in [-0.1, -0.05) is 81.5 Å². The third kappa shape index (κ3) is 6.43. The fourth-order valence-corrected chi connectivity index (χ4v) is 4.02. The van der Waals surface area contributed by atoms with E-state index in [1.165, 1.54) is 5.56 Å². The summed E-state index contributed by atoms with van der Waals surface area (Å²) in [4.78, 5) is 17.6. The zero-order valence-electron chi connectivity index (χ0n) is 20.4. The van der Waals surface area contributed by atoms with E-state index in [1.807, 2.05) is 47.1 Å². The maximum absolute atomic E-state index is 12.9. The average molecular weight is 458 g/mol. The zero-order valence-corrected chi connectivity index (χ0v) is 20.4. The van der Waals surface area contributed by atoms with Crippen LogP contribution in [0.15, 0.2) is 72.8 Å². The van der Waals surface area contributed by atoms with Crippen molar-refractivity contribution in [2.75, 3.05) is 44.6 Å². The van der Waals surface area contributed by atoms with Crippen LogP contribution >= 0.6 is 0 Å². The second kappa shape index (κ2) is 10.8. The highest BCUT2D eigenvalue weighted by Gasteiger charge is 2.23. The normalized spacial score (nSPS) is 15.6. The van der Waals surface area contributed by atoms with Gasteiger partial charge in [0, 0.05) is 44.2 Å². The Morgan fingerprint density at radius 3 is 2.21 bits per heavy atom. The van der Waals surface area contributed by atoms with Crippen LogP contribution in [0.4, 0.5) is 5.82 Å². The lowest BCUT2D eigenvalue weighted by Gasteiger charge is -2.33. The van der Waals surface area contributed by atoms with Crippen LogP contribution in [0.3, 0.4) is 0 Å². The molecule has 0 radical (unpaired) electrons. The van der Waals surface area contributed by atoms with E-state index in [1.54, 1.807) is 0 Å². The van der Waals surface area contributed by atoms with Crippen molar-refractivity contribution < 1.29 is 4.79 Å². The van der Waals surface area contributed by atoms with Crippen LogP contribution in [0, 0.1) is 0 Å². The lowest BCUT2D eigenvalue weighted by atomic mass is 9.92. The number of hydrogen-bond donors (Lipinski definition) is 1. The van der Waals surface area contributed by atoms with Crippen molar-refractivity contribution in [3.63, 3.8) is 0 Å². The number of amides is 1. The summed E-state index contributed by atoms with van der Waals surface area (Å²) < 4.78 is 1.83. The Morgan fingerprint density at radius 1 is 0.941 bits per heavy atom. The standard InChI is InChI=1S/C28H35N5O/c1-28(2,3)25-21-26(33(30-25)24-14-8-5-9-15-24)29-27(34)22-32-19-17-31(18-20-32)16-10-13-23-11-6-4-7-12-23/h4-15,21H,16-20,22H2,1-3H3,(H,29,34)/b13-10+. The van der Waals surface area contributed by atoms with Gasteiger partial charge in [-0.25, -0.2) is 4.68 Å². The van der Waals surface area contributed by atoms with Crippen LogP contribution in [0.5, 0.6) is 0 Å². The summed E-state index contributed by atoms with van der Waals surface area (Å²) in [6.07, 6.45) is 4.39. The summed E-state index contributed by atoms with van der Waals surface area (Å²) in [7, 11) is 0. The molecule has 0 aliphatic carbocycles. The van der Waals surface area contributed by atoms with E-state index in [4.69, 9.17) is 5.10 Å². The minimum atomic E-state index is -0.106. The molecule has 3 aromatic rings. The largest absolute Gasteiger partial charge is 0.309 e. The second-order valence-electron chi connectivity index (χ2n) is 9.85. The van der Waals surface area contributed by atoms with E-state index in [9.17, 15) is 4.79 Å². The molecule has 1 aromatic heterocycles. The molecule has 2 heterocycles. The number of carbonyl (C=O) groups excluding carboxylic acids is 1. The van der Waals surface area contributed by atoms with E-state index < -0.39 is 0 Å². The average Bonchev–Trinajstić information content (AvgIpc) is 3.26. The van der Waals surface area contributed by atoms with Crippen molar-refractivity contribution >= 4 is 17.8 Å². The van der Waals surface area contributed by atoms with Crippen LogP contribution in [-0.4, -0.2) is 64.8 Å². The molecule has 178 valence electrons. The van der Waals surface area contributed by atoms with E-state index in [2.05, 4.69) is 72.3 Å². The first kappa shape index (κ1) is 23.9. The fourth-order valence-electron chi connectivity index (χ4n) is 4.02. The molecule has 0 bridgehead atoms. The van der Waals surface area contributed by atoms with Gasteiger partial charge in [0.1, 0.15) is 5.82 Å². The Hall–Kier alpha value is -3.22. The number of anilines is 1. The highest BCUT2D eigenvalue weighted by Crippen LogP contribution is 2.26. The third-order valence-corrected chi connectivity index (χ3v) is 6.05. The summed E-state index contributed by atoms with van der Waals surface area (Å²) in [6.45, 7) is 11.4. The predicted molar refractivity (Wildman–Crippen MR) is 139 cm³/mol. The molecule has 1 aliphatic rings. The van der Waals surface area contributed by atoms with Crippen LogP contribution < -0.4 is 5.32 Å². The van der Waals surface area contributed by atoms with Crippen molar-refractivity contribution in [2.45, 2.75) is 26.2 Å². The molecule has 0 unspecified atom stereocenters. The van der Waals surface area contributed by atoms with Crippen molar-refractivity contribution in [3.8, 4) is 5.69 Å². The number of piperazine rings is 1. The van der Waals surface area contributed by atoms with Gasteiger partial charge in [-0.05, 0) is 17.7 Å². The quantitative estimate of drug-likeness (QED) is 0.570. The third-order valence-electron chi connectivity index (χ3n) is 6.05. The Morgan fingerprint density at radius 2 is 1.56 bits per heavy atom. The van der Waals surface area contributed by atoms with Gasteiger partial charge in [0.2, 0.25) is 5.91 Å². The molecule has 2 aromatic carbocycles. The van der Waals surface area contributed by atoms with Crippen LogP contribution in [0.1, 0.15) is 32.0 Å². The monoisotopic (exact) mass is 457 g/mol. The minimum Gasteiger partial charge on any atom is -0.309 e. The van der Waals surface area contributed by atoms with Crippen molar-refractivity contribution in [1.29, 1.82) is 0 Å². The van der Waals surface area contributed by atoms with E-state index >= 15 is 0 Å². The molecule has 1 fully saturated rings. The molecule has 0 atom stereocenters. The number of hydrogen-bond acceptors (Lipinski definition) is 4. The highest BCUT2D eigenvalue weighted by molar-refractivity contribution is 5.91. The van der Waals surface area contributed by atoms with Gasteiger partial charge < -0.3 is 5.32 Å². The lowest BCUT2D eigenvalue weighted by molar-refractivity contribution is -0.117. The van der Waals surface area contributed by atoms with Crippen LogP contribution in [0.2, 0.25) is 0 Å². The number of rotatable bonds is 7. The zero-order chi connectivity index (χ0) is 24.0. The molecular weight excluding hydrogens is 422 g/mol. The summed E-state index contributed by atoms with van der Waals surface area (Å²) in [5, 5.41) is 7.89. The molecule has 1 N–H and O–H groups in total. The van der Waals surface area contributed by atoms with Crippen molar-refractivity contribution in [2.24, 2.45) is 0 Å². The molecule has 34 heavy (non-hydrogen) atoms. The molecule has 4 rings (SSSR count). The number of nitrogens with zero attached hydrogens (tertiary/aromatic N) is 4. The summed E-state index contributed by atoms with van der Waals surface area (Å²) in [6, 6.07) is 22.3. The smallest absolute Gasteiger partial charge is 0.239 e. The number of benzene rings is 2. The molecule has 1 amide bonds. The number of carbonyl (C=O) groups is 1. The van der Waals surface area contributed by atoms with Gasteiger partial charge >= 0.3 is 0 Å². The van der Waals surface area contributed by atoms with Gasteiger partial charge in [-0.2, -0.15) is 5.10 Å². The molecule has 6 nitrogen and oxygen atoms in total. The first-order valence-electron chi connectivity index (χ1n) is 12.0. The van der Waals surface area contributed by atoms with Gasteiger partial charge in [0.05, 0.1) is 17.9 Å². The maximum Gasteiger partial charge on any atom is 0.239 e. The predicted octanol–water partition coefficient (Wildman–Crippen LogP) is 4.44. The van der Waals surface area contributed by atoms with Crippen LogP contribution in [0.25, 0.3) is 11.8 Å². The number of para-hydroxylation sites is 1. The lowest BCUT2D eigenvalue weighted by Crippen LogP contribution is -2.48. The van der Waals surface area contributed by atoms with Gasteiger partial charge in [-0.3, -0.25) is 14.6 Å². The van der Waals surface area contributed by atoms with Gasteiger partial charge in [-0.15, -0.1) is 0 Å². The van der Waals surface area contributed by atoms with Crippen molar-refractivity contribution in [1.82, 2.24) is 19.6 Å². The van der Waals surface area contributed by atoms with E-state index in [0.29, 0.717) is 12.4 Å². The summed E-state index contributed by atoms with van der Waals surface area (Å²) >= 11 is 0.